The van der Waals surface area contributed by atoms with Gasteiger partial charge in [0.2, 0.25) is 0 Å². The van der Waals surface area contributed by atoms with E-state index in [1.807, 2.05) is 36.2 Å². The van der Waals surface area contributed by atoms with E-state index in [1.54, 1.807) is 7.05 Å². The normalized spacial score (nSPS) is 12.3. The molecule has 0 bridgehead atoms. The van der Waals surface area contributed by atoms with Crippen molar-refractivity contribution in [3.05, 3.63) is 34.9 Å². The highest BCUT2D eigenvalue weighted by Gasteiger charge is 2.27. The van der Waals surface area contributed by atoms with Gasteiger partial charge in [0.05, 0.1) is 0 Å². The molecule has 0 aliphatic rings. The molecule has 1 N–H and O–H groups in total. The number of alkyl halides is 3. The lowest BCUT2D eigenvalue weighted by Crippen LogP contribution is -2.39. The molecule has 0 fully saturated rings. The topological polar surface area (TPSA) is 36.9 Å². The van der Waals surface area contributed by atoms with Crippen LogP contribution in [0.1, 0.15) is 12.0 Å². The van der Waals surface area contributed by atoms with Crippen LogP contribution in [0, 0.1) is 0 Å². The Balaban J connectivity index is 2.32. The molecule has 130 valence electrons. The summed E-state index contributed by atoms with van der Waals surface area (Å²) in [7, 11) is 3.50. The van der Waals surface area contributed by atoms with Crippen LogP contribution in [0.25, 0.3) is 0 Å². The second-order valence-corrected chi connectivity index (χ2v) is 5.35. The van der Waals surface area contributed by atoms with Crippen LogP contribution in [0.15, 0.2) is 29.3 Å². The monoisotopic (exact) mass is 351 g/mol. The molecule has 0 radical (unpaired) electrons. The fourth-order valence-corrected chi connectivity index (χ4v) is 2.10. The Morgan fingerprint density at radius 3 is 2.65 bits per heavy atom. The SMILES string of the molecule is CN=C(NCCCOCC(F)(F)F)N(C)Cc1ccccc1Cl. The summed E-state index contributed by atoms with van der Waals surface area (Å²) in [5, 5.41) is 3.75. The zero-order valence-corrected chi connectivity index (χ0v) is 13.9. The lowest BCUT2D eigenvalue weighted by Gasteiger charge is -2.22. The zero-order chi connectivity index (χ0) is 17.3. The predicted octanol–water partition coefficient (Wildman–Crippen LogP) is 3.32. The second kappa shape index (κ2) is 9.62. The number of nitrogens with zero attached hydrogens (tertiary/aromatic N) is 2. The second-order valence-electron chi connectivity index (χ2n) is 4.94. The Morgan fingerprint density at radius 1 is 1.35 bits per heavy atom. The Bertz CT molecular complexity index is 509. The van der Waals surface area contributed by atoms with E-state index in [9.17, 15) is 13.2 Å². The first-order valence-corrected chi connectivity index (χ1v) is 7.51. The Morgan fingerprint density at radius 2 is 2.04 bits per heavy atom. The van der Waals surface area contributed by atoms with Crippen molar-refractivity contribution in [2.45, 2.75) is 19.1 Å². The van der Waals surface area contributed by atoms with Gasteiger partial charge in [-0.25, -0.2) is 0 Å². The van der Waals surface area contributed by atoms with Crippen molar-refractivity contribution in [1.29, 1.82) is 0 Å². The number of ether oxygens (including phenoxy) is 1. The highest BCUT2D eigenvalue weighted by Crippen LogP contribution is 2.16. The minimum atomic E-state index is -4.28. The lowest BCUT2D eigenvalue weighted by atomic mass is 10.2. The van der Waals surface area contributed by atoms with Gasteiger partial charge in [-0.1, -0.05) is 29.8 Å². The van der Waals surface area contributed by atoms with Gasteiger partial charge in [-0.05, 0) is 18.1 Å². The molecule has 0 saturated heterocycles. The lowest BCUT2D eigenvalue weighted by molar-refractivity contribution is -0.173. The van der Waals surface area contributed by atoms with E-state index in [0.29, 0.717) is 30.5 Å². The highest BCUT2D eigenvalue weighted by molar-refractivity contribution is 6.31. The van der Waals surface area contributed by atoms with Gasteiger partial charge in [0.15, 0.2) is 5.96 Å². The molecule has 8 heteroatoms. The van der Waals surface area contributed by atoms with Gasteiger partial charge in [0, 0.05) is 38.8 Å². The molecule has 0 unspecified atom stereocenters. The van der Waals surface area contributed by atoms with Crippen LogP contribution in [0.2, 0.25) is 5.02 Å². The smallest absolute Gasteiger partial charge is 0.372 e. The molecule has 0 spiro atoms. The third kappa shape index (κ3) is 8.08. The molecule has 0 saturated carbocycles. The number of nitrogens with one attached hydrogen (secondary N) is 1. The minimum Gasteiger partial charge on any atom is -0.372 e. The molecule has 1 rings (SSSR count). The first-order chi connectivity index (χ1) is 10.8. The van der Waals surface area contributed by atoms with Gasteiger partial charge >= 0.3 is 6.18 Å². The number of aliphatic imine (C=N–C) groups is 1. The fourth-order valence-electron chi connectivity index (χ4n) is 1.90. The third-order valence-electron chi connectivity index (χ3n) is 2.95. The van der Waals surface area contributed by atoms with Crippen molar-refractivity contribution in [3.63, 3.8) is 0 Å². The summed E-state index contributed by atoms with van der Waals surface area (Å²) in [5.41, 5.74) is 0.966. The van der Waals surface area contributed by atoms with Crippen LogP contribution in [-0.4, -0.2) is 50.9 Å². The van der Waals surface area contributed by atoms with Crippen LogP contribution >= 0.6 is 11.6 Å². The van der Waals surface area contributed by atoms with Gasteiger partial charge in [0.25, 0.3) is 0 Å². The van der Waals surface area contributed by atoms with Gasteiger partial charge in [0.1, 0.15) is 6.61 Å². The fraction of sp³-hybridized carbons (Fsp3) is 0.533. The zero-order valence-electron chi connectivity index (χ0n) is 13.2. The summed E-state index contributed by atoms with van der Waals surface area (Å²) >= 11 is 6.12. The summed E-state index contributed by atoms with van der Waals surface area (Å²) in [6.45, 7) is -0.132. The number of rotatable bonds is 7. The first kappa shape index (κ1) is 19.6. The molecule has 0 aliphatic heterocycles. The summed E-state index contributed by atoms with van der Waals surface area (Å²) < 4.78 is 40.3. The van der Waals surface area contributed by atoms with Gasteiger partial charge in [-0.15, -0.1) is 0 Å². The highest BCUT2D eigenvalue weighted by atomic mass is 35.5. The van der Waals surface area contributed by atoms with Crippen LogP contribution in [0.3, 0.4) is 0 Å². The molecule has 0 amide bonds. The molecule has 1 aromatic rings. The number of hydrogen-bond donors (Lipinski definition) is 1. The van der Waals surface area contributed by atoms with E-state index in [2.05, 4.69) is 15.0 Å². The largest absolute Gasteiger partial charge is 0.411 e. The number of guanidine groups is 1. The molecular formula is C15H21ClF3N3O. The van der Waals surface area contributed by atoms with Crippen molar-refractivity contribution in [3.8, 4) is 0 Å². The standard InChI is InChI=1S/C15H21ClF3N3O/c1-20-14(21-8-5-9-23-11-15(17,18)19)22(2)10-12-6-3-4-7-13(12)16/h3-4,6-7H,5,8-11H2,1-2H3,(H,20,21). The predicted molar refractivity (Wildman–Crippen MR) is 85.8 cm³/mol. The van der Waals surface area contributed by atoms with Crippen molar-refractivity contribution in [2.24, 2.45) is 4.99 Å². The van der Waals surface area contributed by atoms with Crippen molar-refractivity contribution in [1.82, 2.24) is 10.2 Å². The van der Waals surface area contributed by atoms with E-state index in [4.69, 9.17) is 11.6 Å². The minimum absolute atomic E-state index is 0.0394. The van der Waals surface area contributed by atoms with Gasteiger partial charge in [-0.2, -0.15) is 13.2 Å². The van der Waals surface area contributed by atoms with Crippen molar-refractivity contribution < 1.29 is 17.9 Å². The molecule has 4 nitrogen and oxygen atoms in total. The van der Waals surface area contributed by atoms with Crippen molar-refractivity contribution in [2.75, 3.05) is 33.9 Å². The van der Waals surface area contributed by atoms with Crippen LogP contribution < -0.4 is 5.32 Å². The van der Waals surface area contributed by atoms with Crippen LogP contribution in [-0.2, 0) is 11.3 Å². The maximum atomic E-state index is 11.9. The Kier molecular flexibility index (Phi) is 8.19. The first-order valence-electron chi connectivity index (χ1n) is 7.13. The molecule has 0 aliphatic carbocycles. The summed E-state index contributed by atoms with van der Waals surface area (Å²) in [5.74, 6) is 0.640. The quantitative estimate of drug-likeness (QED) is 0.465. The molecule has 23 heavy (non-hydrogen) atoms. The molecule has 0 aromatic heterocycles. The molecular weight excluding hydrogens is 331 g/mol. The van der Waals surface area contributed by atoms with Crippen LogP contribution in [0.5, 0.6) is 0 Å². The van der Waals surface area contributed by atoms with Gasteiger partial charge in [-0.3, -0.25) is 4.99 Å². The van der Waals surface area contributed by atoms with E-state index in [0.717, 1.165) is 5.56 Å². The third-order valence-corrected chi connectivity index (χ3v) is 3.32. The van der Waals surface area contributed by atoms with Gasteiger partial charge < -0.3 is 15.0 Å². The average molecular weight is 352 g/mol. The van der Waals surface area contributed by atoms with Crippen LogP contribution in [0.4, 0.5) is 13.2 Å². The maximum absolute atomic E-state index is 11.9. The van der Waals surface area contributed by atoms with Crippen molar-refractivity contribution >= 4 is 17.6 Å². The molecule has 1 aromatic carbocycles. The van der Waals surface area contributed by atoms with E-state index in [-0.39, 0.29) is 6.61 Å². The maximum Gasteiger partial charge on any atom is 0.411 e. The Labute approximate surface area is 139 Å². The summed E-state index contributed by atoms with van der Waals surface area (Å²) in [4.78, 5) is 6.03. The summed E-state index contributed by atoms with van der Waals surface area (Å²) in [6.07, 6.45) is -3.83. The number of benzene rings is 1. The van der Waals surface area contributed by atoms with E-state index >= 15 is 0 Å². The van der Waals surface area contributed by atoms with E-state index in [1.165, 1.54) is 0 Å². The molecule has 0 atom stereocenters. The Hall–Kier alpha value is -1.47. The number of halogens is 4. The summed E-state index contributed by atoms with van der Waals surface area (Å²) in [6, 6.07) is 7.51. The molecule has 0 heterocycles. The van der Waals surface area contributed by atoms with E-state index < -0.39 is 12.8 Å². The number of hydrogen-bond acceptors (Lipinski definition) is 2. The average Bonchev–Trinajstić information content (AvgIpc) is 2.47.